The molecule has 0 radical (unpaired) electrons. The van der Waals surface area contributed by atoms with Crippen LogP contribution in [0.4, 0.5) is 0 Å². The molecular weight excluding hydrogens is 204 g/mol. The number of thioether (sulfide) groups is 1. The predicted octanol–water partition coefficient (Wildman–Crippen LogP) is 3.01. The van der Waals surface area contributed by atoms with Gasteiger partial charge in [0, 0.05) is 11.3 Å². The van der Waals surface area contributed by atoms with Gasteiger partial charge in [-0.3, -0.25) is 4.79 Å². The summed E-state index contributed by atoms with van der Waals surface area (Å²) in [4.78, 5) is 11.6. The third-order valence-corrected chi connectivity index (χ3v) is 5.90. The summed E-state index contributed by atoms with van der Waals surface area (Å²) in [7, 11) is 0. The summed E-state index contributed by atoms with van der Waals surface area (Å²) in [6.45, 7) is 0. The zero-order valence-electron chi connectivity index (χ0n) is 8.87. The van der Waals surface area contributed by atoms with Crippen LogP contribution in [0.15, 0.2) is 11.1 Å². The highest BCUT2D eigenvalue weighted by molar-refractivity contribution is 8.16. The molecule has 0 aromatic rings. The zero-order chi connectivity index (χ0) is 9.99. The fourth-order valence-corrected chi connectivity index (χ4v) is 5.28. The van der Waals surface area contributed by atoms with Gasteiger partial charge in [0.1, 0.15) is 0 Å². The molecule has 2 heteroatoms. The topological polar surface area (TPSA) is 17.1 Å². The maximum Gasteiger partial charge on any atom is 0.216 e. The van der Waals surface area contributed by atoms with Crippen molar-refractivity contribution in [3.8, 4) is 0 Å². The van der Waals surface area contributed by atoms with E-state index < -0.39 is 0 Å². The maximum atomic E-state index is 11.6. The Kier molecular flexibility index (Phi) is 1.72. The van der Waals surface area contributed by atoms with Crippen LogP contribution in [0.2, 0.25) is 0 Å². The average molecular weight is 220 g/mol. The maximum absolute atomic E-state index is 11.6. The normalized spacial score (nSPS) is 47.3. The molecule has 1 nitrogen and oxygen atoms in total. The van der Waals surface area contributed by atoms with Crippen LogP contribution in [0.3, 0.4) is 0 Å². The highest BCUT2D eigenvalue weighted by Crippen LogP contribution is 2.58. The number of carbonyl (C=O) groups is 1. The second kappa shape index (κ2) is 2.91. The monoisotopic (exact) mass is 220 g/mol. The van der Waals surface area contributed by atoms with E-state index in [1.54, 1.807) is 5.57 Å². The summed E-state index contributed by atoms with van der Waals surface area (Å²) in [5.41, 5.74) is 2.87. The van der Waals surface area contributed by atoms with Gasteiger partial charge in [-0.05, 0) is 55.8 Å². The molecule has 4 saturated carbocycles. The Morgan fingerprint density at radius 2 is 1.53 bits per heavy atom. The first kappa shape index (κ1) is 8.86. The van der Waals surface area contributed by atoms with Gasteiger partial charge in [-0.15, -0.1) is 0 Å². The Hall–Kier alpha value is -0.240. The largest absolute Gasteiger partial charge is 0.282 e. The molecule has 0 unspecified atom stereocenters. The third kappa shape index (κ3) is 1.15. The van der Waals surface area contributed by atoms with E-state index in [2.05, 4.69) is 0 Å². The van der Waals surface area contributed by atoms with Crippen molar-refractivity contribution in [2.24, 2.45) is 23.7 Å². The zero-order valence-corrected chi connectivity index (χ0v) is 9.69. The van der Waals surface area contributed by atoms with Gasteiger partial charge in [-0.1, -0.05) is 17.3 Å². The number of hydrogen-bond acceptors (Lipinski definition) is 2. The lowest BCUT2D eigenvalue weighted by Crippen LogP contribution is -2.42. The SMILES string of the molecule is O=C1SCC1=C1C2CC3CC(C2)CC1C3. The summed E-state index contributed by atoms with van der Waals surface area (Å²) in [5.74, 6) is 4.69. The fraction of sp³-hybridized carbons (Fsp3) is 0.769. The van der Waals surface area contributed by atoms with Gasteiger partial charge in [-0.2, -0.15) is 0 Å². The molecule has 4 aliphatic carbocycles. The quantitative estimate of drug-likeness (QED) is 0.584. The van der Waals surface area contributed by atoms with Crippen molar-refractivity contribution >= 4 is 16.9 Å². The molecule has 0 atom stereocenters. The molecular formula is C13H16OS. The van der Waals surface area contributed by atoms with Crippen LogP contribution in [0.25, 0.3) is 0 Å². The van der Waals surface area contributed by atoms with Crippen LogP contribution in [0.1, 0.15) is 32.1 Å². The molecule has 5 fully saturated rings. The van der Waals surface area contributed by atoms with E-state index in [0.717, 1.165) is 29.4 Å². The van der Waals surface area contributed by atoms with Gasteiger partial charge < -0.3 is 0 Å². The van der Waals surface area contributed by atoms with Crippen LogP contribution in [-0.4, -0.2) is 10.9 Å². The smallest absolute Gasteiger partial charge is 0.216 e. The van der Waals surface area contributed by atoms with E-state index in [4.69, 9.17) is 0 Å². The molecule has 1 heterocycles. The van der Waals surface area contributed by atoms with Crippen molar-refractivity contribution in [3.63, 3.8) is 0 Å². The van der Waals surface area contributed by atoms with Crippen LogP contribution in [-0.2, 0) is 4.79 Å². The van der Waals surface area contributed by atoms with E-state index in [0.29, 0.717) is 5.12 Å². The first-order valence-electron chi connectivity index (χ1n) is 6.21. The minimum atomic E-state index is 0.400. The number of rotatable bonds is 0. The second-order valence-electron chi connectivity index (χ2n) is 5.81. The lowest BCUT2D eigenvalue weighted by Gasteiger charge is -2.52. The predicted molar refractivity (Wildman–Crippen MR) is 61.5 cm³/mol. The standard InChI is InChI=1S/C13H16OS/c14-13-11(6-15-13)12-9-2-7-1-8(4-9)5-10(12)3-7/h7-10H,1-6H2. The van der Waals surface area contributed by atoms with E-state index in [1.165, 1.54) is 49.4 Å². The minimum absolute atomic E-state index is 0.400. The van der Waals surface area contributed by atoms with Gasteiger partial charge in [0.15, 0.2) is 0 Å². The summed E-state index contributed by atoms with van der Waals surface area (Å²) >= 11 is 1.52. The van der Waals surface area contributed by atoms with Crippen molar-refractivity contribution < 1.29 is 4.79 Å². The molecule has 0 amide bonds. The molecule has 0 aromatic heterocycles. The first-order valence-corrected chi connectivity index (χ1v) is 7.20. The summed E-state index contributed by atoms with van der Waals surface area (Å²) in [6, 6.07) is 0. The third-order valence-electron chi connectivity index (χ3n) is 4.96. The molecule has 0 spiro atoms. The lowest BCUT2D eigenvalue weighted by molar-refractivity contribution is -0.108. The van der Waals surface area contributed by atoms with Crippen molar-refractivity contribution in [2.75, 3.05) is 5.75 Å². The van der Waals surface area contributed by atoms with Gasteiger partial charge >= 0.3 is 0 Å². The summed E-state index contributed by atoms with van der Waals surface area (Å²) < 4.78 is 0. The fourth-order valence-electron chi connectivity index (χ4n) is 4.59. The average Bonchev–Trinajstić information content (AvgIpc) is 2.20. The molecule has 1 saturated heterocycles. The first-order chi connectivity index (χ1) is 7.31. The molecule has 5 aliphatic rings. The van der Waals surface area contributed by atoms with E-state index in [-0.39, 0.29) is 0 Å². The summed E-state index contributed by atoms with van der Waals surface area (Å²) in [5, 5.41) is 0.400. The Morgan fingerprint density at radius 1 is 0.933 bits per heavy atom. The Labute approximate surface area is 94.7 Å². The Bertz CT molecular complexity index is 339. The van der Waals surface area contributed by atoms with E-state index in [1.807, 2.05) is 0 Å². The number of carbonyl (C=O) groups excluding carboxylic acids is 1. The number of allylic oxidation sites excluding steroid dienone is 1. The highest BCUT2D eigenvalue weighted by atomic mass is 32.2. The van der Waals surface area contributed by atoms with Gasteiger partial charge in [0.05, 0.1) is 0 Å². The van der Waals surface area contributed by atoms with Crippen LogP contribution >= 0.6 is 11.8 Å². The lowest BCUT2D eigenvalue weighted by atomic mass is 9.53. The second-order valence-corrected chi connectivity index (χ2v) is 6.76. The summed E-state index contributed by atoms with van der Waals surface area (Å²) in [6.07, 6.45) is 7.12. The van der Waals surface area contributed by atoms with Crippen molar-refractivity contribution in [1.82, 2.24) is 0 Å². The van der Waals surface area contributed by atoms with Crippen LogP contribution < -0.4 is 0 Å². The number of hydrogen-bond donors (Lipinski definition) is 0. The van der Waals surface area contributed by atoms with Crippen LogP contribution in [0, 0.1) is 23.7 Å². The van der Waals surface area contributed by atoms with Gasteiger partial charge in [-0.25, -0.2) is 0 Å². The van der Waals surface area contributed by atoms with Gasteiger partial charge in [0.2, 0.25) is 5.12 Å². The van der Waals surface area contributed by atoms with E-state index in [9.17, 15) is 4.79 Å². The molecule has 80 valence electrons. The molecule has 0 N–H and O–H groups in total. The van der Waals surface area contributed by atoms with E-state index >= 15 is 0 Å². The Balaban J connectivity index is 1.76. The van der Waals surface area contributed by atoms with Gasteiger partial charge in [0.25, 0.3) is 0 Å². The molecule has 0 aromatic carbocycles. The molecule has 15 heavy (non-hydrogen) atoms. The van der Waals surface area contributed by atoms with Crippen LogP contribution in [0.5, 0.6) is 0 Å². The van der Waals surface area contributed by atoms with Crippen molar-refractivity contribution in [3.05, 3.63) is 11.1 Å². The van der Waals surface area contributed by atoms with Crippen molar-refractivity contribution in [1.29, 1.82) is 0 Å². The van der Waals surface area contributed by atoms with Crippen molar-refractivity contribution in [2.45, 2.75) is 32.1 Å². The molecule has 1 aliphatic heterocycles. The molecule has 5 rings (SSSR count). The highest BCUT2D eigenvalue weighted by Gasteiger charge is 2.47. The molecule has 4 bridgehead atoms. The minimum Gasteiger partial charge on any atom is -0.282 e. The Morgan fingerprint density at radius 3 is 1.93 bits per heavy atom.